The van der Waals surface area contributed by atoms with Crippen molar-refractivity contribution in [1.29, 1.82) is 0 Å². The molecule has 0 saturated carbocycles. The highest BCUT2D eigenvalue weighted by atomic mass is 31.2. The molecule has 0 radical (unpaired) electrons. The van der Waals surface area contributed by atoms with E-state index >= 15 is 0 Å². The summed E-state index contributed by atoms with van der Waals surface area (Å²) < 4.78 is 24.9. The standard InChI is InChI=1S/C22H28N5O6P/c1-3-31-34(32-4-2)11-15-16(10-30-22(29)14-8-6-5-7-9-14)33-21(18(15)28)27-13-26-17-19(23)24-12-25-20(17)27/h5-9,12-13,15-16,18,21,28H,3-4,10-11H2,1-2H3,(H2,23,24,25)/t15?,16-,18?,21-/m1/s1. The molecule has 3 N–H and O–H groups in total. The monoisotopic (exact) mass is 489 g/mol. The smallest absolute Gasteiger partial charge is 0.338 e. The lowest BCUT2D eigenvalue weighted by atomic mass is 10.0. The fourth-order valence-corrected chi connectivity index (χ4v) is 5.54. The van der Waals surface area contributed by atoms with E-state index in [2.05, 4.69) is 15.0 Å². The van der Waals surface area contributed by atoms with Gasteiger partial charge in [-0.05, 0) is 26.0 Å². The molecule has 11 nitrogen and oxygen atoms in total. The minimum Gasteiger partial charge on any atom is -0.459 e. The minimum atomic E-state index is -1.26. The quantitative estimate of drug-likeness (QED) is 0.322. The van der Waals surface area contributed by atoms with Crippen LogP contribution in [0.25, 0.3) is 11.2 Å². The zero-order valence-electron chi connectivity index (χ0n) is 19.0. The Balaban J connectivity index is 1.57. The molecule has 4 atom stereocenters. The molecule has 0 aliphatic carbocycles. The number of carbonyl (C=O) groups excluding carboxylic acids is 1. The van der Waals surface area contributed by atoms with Crippen molar-refractivity contribution in [1.82, 2.24) is 19.5 Å². The number of nitrogens with two attached hydrogens (primary N) is 1. The van der Waals surface area contributed by atoms with E-state index < -0.39 is 38.7 Å². The van der Waals surface area contributed by atoms with Crippen LogP contribution in [0.4, 0.5) is 5.82 Å². The number of benzene rings is 1. The van der Waals surface area contributed by atoms with E-state index in [9.17, 15) is 9.90 Å². The van der Waals surface area contributed by atoms with Gasteiger partial charge in [-0.1, -0.05) is 18.2 Å². The van der Waals surface area contributed by atoms with E-state index in [1.54, 1.807) is 28.8 Å². The van der Waals surface area contributed by atoms with Crippen LogP contribution < -0.4 is 5.73 Å². The number of anilines is 1. The Morgan fingerprint density at radius 2 is 1.91 bits per heavy atom. The first kappa shape index (κ1) is 24.4. The van der Waals surface area contributed by atoms with Crippen molar-refractivity contribution in [3.8, 4) is 0 Å². The van der Waals surface area contributed by atoms with E-state index in [0.717, 1.165) is 0 Å². The second-order valence-electron chi connectivity index (χ2n) is 7.62. The van der Waals surface area contributed by atoms with Gasteiger partial charge in [0.1, 0.15) is 30.7 Å². The van der Waals surface area contributed by atoms with Crippen LogP contribution in [0.15, 0.2) is 43.0 Å². The Hall–Kier alpha value is -2.69. The van der Waals surface area contributed by atoms with Gasteiger partial charge in [-0.15, -0.1) is 0 Å². The molecule has 1 saturated heterocycles. The van der Waals surface area contributed by atoms with Gasteiger partial charge in [0.2, 0.25) is 0 Å². The van der Waals surface area contributed by atoms with Crippen LogP contribution in [-0.4, -0.2) is 68.8 Å². The summed E-state index contributed by atoms with van der Waals surface area (Å²) in [6, 6.07) is 8.71. The van der Waals surface area contributed by atoms with E-state index in [1.807, 2.05) is 19.9 Å². The second kappa shape index (κ2) is 11.2. The molecule has 0 amide bonds. The summed E-state index contributed by atoms with van der Waals surface area (Å²) in [4.78, 5) is 25.0. The van der Waals surface area contributed by atoms with Crippen molar-refractivity contribution >= 4 is 31.3 Å². The van der Waals surface area contributed by atoms with Crippen molar-refractivity contribution in [3.05, 3.63) is 48.5 Å². The Kier molecular flexibility index (Phi) is 8.02. The number of carbonyl (C=O) groups is 1. The molecular formula is C22H28N5O6P. The molecule has 2 aromatic heterocycles. The van der Waals surface area contributed by atoms with E-state index in [1.165, 1.54) is 12.7 Å². The topological polar surface area (TPSA) is 144 Å². The summed E-state index contributed by atoms with van der Waals surface area (Å²) in [5.74, 6) is -0.655. The number of aliphatic hydroxyl groups is 1. The average Bonchev–Trinajstić information content (AvgIpc) is 3.40. The van der Waals surface area contributed by atoms with E-state index in [0.29, 0.717) is 36.1 Å². The highest BCUT2D eigenvalue weighted by Gasteiger charge is 2.47. The average molecular weight is 489 g/mol. The van der Waals surface area contributed by atoms with Gasteiger partial charge >= 0.3 is 5.97 Å². The molecule has 12 heteroatoms. The molecular weight excluding hydrogens is 461 g/mol. The van der Waals surface area contributed by atoms with Crippen LogP contribution in [0.5, 0.6) is 0 Å². The van der Waals surface area contributed by atoms with Gasteiger partial charge in [-0.2, -0.15) is 0 Å². The molecule has 3 heterocycles. The van der Waals surface area contributed by atoms with Crippen molar-refractivity contribution in [3.63, 3.8) is 0 Å². The van der Waals surface area contributed by atoms with Crippen molar-refractivity contribution in [2.45, 2.75) is 32.3 Å². The van der Waals surface area contributed by atoms with Gasteiger partial charge < -0.3 is 29.4 Å². The van der Waals surface area contributed by atoms with Gasteiger partial charge in [-0.3, -0.25) is 4.57 Å². The Morgan fingerprint density at radius 1 is 1.18 bits per heavy atom. The van der Waals surface area contributed by atoms with Gasteiger partial charge in [0, 0.05) is 12.1 Å². The normalized spacial score (nSPS) is 22.5. The van der Waals surface area contributed by atoms with E-state index in [-0.39, 0.29) is 12.4 Å². The maximum atomic E-state index is 12.5. The molecule has 4 rings (SSSR count). The molecule has 1 aromatic carbocycles. The molecule has 1 fully saturated rings. The van der Waals surface area contributed by atoms with Crippen LogP contribution >= 0.6 is 8.38 Å². The first-order chi connectivity index (χ1) is 16.5. The third-order valence-corrected chi connectivity index (χ3v) is 7.29. The minimum absolute atomic E-state index is 0.0445. The molecule has 2 unspecified atom stereocenters. The van der Waals surface area contributed by atoms with Crippen LogP contribution in [0.1, 0.15) is 30.4 Å². The third kappa shape index (κ3) is 5.18. The number of rotatable bonds is 10. The summed E-state index contributed by atoms with van der Waals surface area (Å²) in [5.41, 5.74) is 7.20. The summed E-state index contributed by atoms with van der Waals surface area (Å²) in [6.07, 6.45) is 0.871. The summed E-state index contributed by atoms with van der Waals surface area (Å²) in [5, 5.41) is 11.3. The van der Waals surface area contributed by atoms with Crippen LogP contribution in [-0.2, 0) is 18.5 Å². The van der Waals surface area contributed by atoms with Gasteiger partial charge in [0.15, 0.2) is 26.1 Å². The number of hydrogen-bond donors (Lipinski definition) is 2. The summed E-state index contributed by atoms with van der Waals surface area (Å²) in [7, 11) is -1.26. The van der Waals surface area contributed by atoms with Crippen LogP contribution in [0.3, 0.4) is 0 Å². The maximum absolute atomic E-state index is 12.5. The fraction of sp³-hybridized carbons (Fsp3) is 0.455. The summed E-state index contributed by atoms with van der Waals surface area (Å²) in [6.45, 7) is 4.69. The van der Waals surface area contributed by atoms with Gasteiger partial charge in [-0.25, -0.2) is 19.7 Å². The predicted molar refractivity (Wildman–Crippen MR) is 125 cm³/mol. The Bertz CT molecular complexity index is 1090. The number of nitrogens with zero attached hydrogens (tertiary/aromatic N) is 4. The first-order valence-electron chi connectivity index (χ1n) is 11.1. The fourth-order valence-electron chi connectivity index (χ4n) is 3.88. The molecule has 0 bridgehead atoms. The van der Waals surface area contributed by atoms with Gasteiger partial charge in [0.25, 0.3) is 0 Å². The molecule has 182 valence electrons. The van der Waals surface area contributed by atoms with Gasteiger partial charge in [0.05, 0.1) is 25.1 Å². The Morgan fingerprint density at radius 3 is 2.62 bits per heavy atom. The maximum Gasteiger partial charge on any atom is 0.338 e. The number of ether oxygens (including phenoxy) is 2. The lowest BCUT2D eigenvalue weighted by molar-refractivity contribution is -0.0538. The highest BCUT2D eigenvalue weighted by Crippen LogP contribution is 2.46. The molecule has 0 spiro atoms. The highest BCUT2D eigenvalue weighted by molar-refractivity contribution is 7.47. The van der Waals surface area contributed by atoms with Crippen molar-refractivity contribution < 1.29 is 28.4 Å². The molecule has 3 aromatic rings. The zero-order valence-corrected chi connectivity index (χ0v) is 19.9. The Labute approximate surface area is 198 Å². The second-order valence-corrected chi connectivity index (χ2v) is 9.16. The third-order valence-electron chi connectivity index (χ3n) is 5.48. The number of aliphatic hydroxyl groups excluding tert-OH is 1. The first-order valence-corrected chi connectivity index (χ1v) is 12.4. The summed E-state index contributed by atoms with van der Waals surface area (Å²) >= 11 is 0. The van der Waals surface area contributed by atoms with Crippen molar-refractivity contribution in [2.75, 3.05) is 31.7 Å². The number of aromatic nitrogens is 4. The molecule has 1 aliphatic heterocycles. The van der Waals surface area contributed by atoms with Crippen LogP contribution in [0.2, 0.25) is 0 Å². The number of imidazole rings is 1. The largest absolute Gasteiger partial charge is 0.459 e. The predicted octanol–water partition coefficient (Wildman–Crippen LogP) is 2.52. The molecule has 1 aliphatic rings. The number of fused-ring (bicyclic) bond motifs is 1. The SMILES string of the molecule is CCOP(CC1C(O)[C@H](n2cnc3c(N)ncnc32)O[C@@H]1COC(=O)c1ccccc1)OCC. The van der Waals surface area contributed by atoms with Crippen molar-refractivity contribution in [2.24, 2.45) is 5.92 Å². The molecule has 34 heavy (non-hydrogen) atoms. The van der Waals surface area contributed by atoms with Crippen LogP contribution in [0, 0.1) is 5.92 Å². The zero-order chi connectivity index (χ0) is 24.1. The number of esters is 1. The number of hydrogen-bond acceptors (Lipinski definition) is 10. The number of nitrogen functional groups attached to an aromatic ring is 1. The lowest BCUT2D eigenvalue weighted by Crippen LogP contribution is -2.32. The lowest BCUT2D eigenvalue weighted by Gasteiger charge is -2.24. The van der Waals surface area contributed by atoms with E-state index in [4.69, 9.17) is 24.3 Å².